The Hall–Kier alpha value is -2.20. The lowest BCUT2D eigenvalue weighted by molar-refractivity contribution is 0.346. The summed E-state index contributed by atoms with van der Waals surface area (Å²) < 4.78 is 16.5. The highest BCUT2D eigenvalue weighted by atomic mass is 16.5. The van der Waals surface area contributed by atoms with Crippen molar-refractivity contribution in [1.29, 1.82) is 0 Å². The summed E-state index contributed by atoms with van der Waals surface area (Å²) in [6.45, 7) is 2.06. The van der Waals surface area contributed by atoms with Gasteiger partial charge in [0.15, 0.2) is 11.5 Å². The number of ether oxygens (including phenoxy) is 3. The van der Waals surface area contributed by atoms with E-state index in [2.05, 4.69) is 6.92 Å². The van der Waals surface area contributed by atoms with Crippen molar-refractivity contribution in [1.82, 2.24) is 0 Å². The summed E-state index contributed by atoms with van der Waals surface area (Å²) >= 11 is 0. The molecule has 0 radical (unpaired) electrons. The predicted octanol–water partition coefficient (Wildman–Crippen LogP) is 3.91. The van der Waals surface area contributed by atoms with Crippen molar-refractivity contribution in [2.45, 2.75) is 19.4 Å². The third-order valence-electron chi connectivity index (χ3n) is 3.35. The lowest BCUT2D eigenvalue weighted by Gasteiger charge is -2.14. The van der Waals surface area contributed by atoms with Gasteiger partial charge in [0.05, 0.1) is 14.2 Å². The molecule has 4 nitrogen and oxygen atoms in total. The standard InChI is InChI=1S/C17H21NO3/c1-4-14(18)12-8-10-13(11-9-12)21-17-15(19-2)6-5-7-16(17)20-3/h5-11,14H,4,18H2,1-3H3/t14-/m1/s1. The molecule has 0 aromatic heterocycles. The molecular formula is C17H21NO3. The second-order valence-corrected chi connectivity index (χ2v) is 4.68. The van der Waals surface area contributed by atoms with Crippen LogP contribution < -0.4 is 19.9 Å². The SMILES string of the molecule is CC[C@@H](N)c1ccc(Oc2c(OC)cccc2OC)cc1. The zero-order chi connectivity index (χ0) is 15.2. The largest absolute Gasteiger partial charge is 0.493 e. The molecule has 0 aliphatic rings. The molecule has 0 aliphatic carbocycles. The molecule has 0 heterocycles. The minimum atomic E-state index is 0.0554. The highest BCUT2D eigenvalue weighted by Crippen LogP contribution is 2.39. The van der Waals surface area contributed by atoms with Gasteiger partial charge in [-0.15, -0.1) is 0 Å². The molecule has 112 valence electrons. The van der Waals surface area contributed by atoms with Gasteiger partial charge in [0, 0.05) is 6.04 Å². The fourth-order valence-corrected chi connectivity index (χ4v) is 2.05. The second kappa shape index (κ2) is 6.99. The van der Waals surface area contributed by atoms with E-state index in [1.54, 1.807) is 14.2 Å². The summed E-state index contributed by atoms with van der Waals surface area (Å²) in [5, 5.41) is 0. The highest BCUT2D eigenvalue weighted by molar-refractivity contribution is 5.53. The lowest BCUT2D eigenvalue weighted by atomic mass is 10.1. The molecule has 2 aromatic carbocycles. The molecule has 0 unspecified atom stereocenters. The molecule has 0 spiro atoms. The van der Waals surface area contributed by atoms with E-state index < -0.39 is 0 Å². The van der Waals surface area contributed by atoms with Crippen LogP contribution >= 0.6 is 0 Å². The molecular weight excluding hydrogens is 266 g/mol. The van der Waals surface area contributed by atoms with Gasteiger partial charge >= 0.3 is 0 Å². The topological polar surface area (TPSA) is 53.7 Å². The number of rotatable bonds is 6. The Labute approximate surface area is 125 Å². The minimum absolute atomic E-state index is 0.0554. The summed E-state index contributed by atoms with van der Waals surface area (Å²) in [7, 11) is 3.20. The molecule has 2 rings (SSSR count). The molecule has 0 saturated carbocycles. The van der Waals surface area contributed by atoms with Crippen LogP contribution in [0.1, 0.15) is 24.9 Å². The van der Waals surface area contributed by atoms with Crippen LogP contribution in [-0.2, 0) is 0 Å². The smallest absolute Gasteiger partial charge is 0.210 e. The van der Waals surface area contributed by atoms with Crippen molar-refractivity contribution < 1.29 is 14.2 Å². The zero-order valence-electron chi connectivity index (χ0n) is 12.6. The minimum Gasteiger partial charge on any atom is -0.493 e. The Bertz CT molecular complexity index is 559. The molecule has 0 aliphatic heterocycles. The first kappa shape index (κ1) is 15.2. The van der Waals surface area contributed by atoms with E-state index in [0.29, 0.717) is 23.0 Å². The van der Waals surface area contributed by atoms with Crippen molar-refractivity contribution in [3.05, 3.63) is 48.0 Å². The summed E-state index contributed by atoms with van der Waals surface area (Å²) in [5.41, 5.74) is 7.10. The van der Waals surface area contributed by atoms with Crippen LogP contribution in [0.3, 0.4) is 0 Å². The predicted molar refractivity (Wildman–Crippen MR) is 83.3 cm³/mol. The van der Waals surface area contributed by atoms with Crippen LogP contribution in [0.2, 0.25) is 0 Å². The average molecular weight is 287 g/mol. The Balaban J connectivity index is 2.26. The molecule has 21 heavy (non-hydrogen) atoms. The Morgan fingerprint density at radius 2 is 1.52 bits per heavy atom. The molecule has 0 amide bonds. The Morgan fingerprint density at radius 3 is 2.00 bits per heavy atom. The third kappa shape index (κ3) is 3.47. The number of hydrogen-bond donors (Lipinski definition) is 1. The van der Waals surface area contributed by atoms with Gasteiger partial charge in [0.1, 0.15) is 5.75 Å². The number of methoxy groups -OCH3 is 2. The van der Waals surface area contributed by atoms with Gasteiger partial charge in [0.2, 0.25) is 5.75 Å². The second-order valence-electron chi connectivity index (χ2n) is 4.68. The van der Waals surface area contributed by atoms with Gasteiger partial charge in [-0.2, -0.15) is 0 Å². The quantitative estimate of drug-likeness (QED) is 0.875. The van der Waals surface area contributed by atoms with Crippen LogP contribution in [0.5, 0.6) is 23.0 Å². The first-order valence-corrected chi connectivity index (χ1v) is 6.94. The Morgan fingerprint density at radius 1 is 0.952 bits per heavy atom. The van der Waals surface area contributed by atoms with Crippen molar-refractivity contribution >= 4 is 0 Å². The van der Waals surface area contributed by atoms with Crippen LogP contribution in [-0.4, -0.2) is 14.2 Å². The van der Waals surface area contributed by atoms with Crippen molar-refractivity contribution in [2.75, 3.05) is 14.2 Å². The maximum absolute atomic E-state index is 6.01. The van der Waals surface area contributed by atoms with Crippen molar-refractivity contribution in [2.24, 2.45) is 5.73 Å². The van der Waals surface area contributed by atoms with Gasteiger partial charge in [-0.1, -0.05) is 25.1 Å². The van der Waals surface area contributed by atoms with E-state index in [4.69, 9.17) is 19.9 Å². The maximum atomic E-state index is 6.01. The first-order chi connectivity index (χ1) is 10.2. The number of hydrogen-bond acceptors (Lipinski definition) is 4. The van der Waals surface area contributed by atoms with Gasteiger partial charge in [-0.25, -0.2) is 0 Å². The highest BCUT2D eigenvalue weighted by Gasteiger charge is 2.12. The number of para-hydroxylation sites is 1. The molecule has 0 bridgehead atoms. The number of nitrogens with two attached hydrogens (primary N) is 1. The van der Waals surface area contributed by atoms with E-state index in [1.807, 2.05) is 42.5 Å². The summed E-state index contributed by atoms with van der Waals surface area (Å²) in [4.78, 5) is 0. The molecule has 4 heteroatoms. The summed E-state index contributed by atoms with van der Waals surface area (Å²) in [5.74, 6) is 2.53. The monoisotopic (exact) mass is 287 g/mol. The lowest BCUT2D eigenvalue weighted by Crippen LogP contribution is -2.08. The van der Waals surface area contributed by atoms with Crippen LogP contribution in [0.4, 0.5) is 0 Å². The van der Waals surface area contributed by atoms with E-state index in [1.165, 1.54) is 0 Å². The average Bonchev–Trinajstić information content (AvgIpc) is 2.55. The fraction of sp³-hybridized carbons (Fsp3) is 0.294. The van der Waals surface area contributed by atoms with Gasteiger partial charge < -0.3 is 19.9 Å². The Kier molecular flexibility index (Phi) is 5.06. The normalized spacial score (nSPS) is 11.8. The fourth-order valence-electron chi connectivity index (χ4n) is 2.05. The molecule has 0 saturated heterocycles. The maximum Gasteiger partial charge on any atom is 0.210 e. The van der Waals surface area contributed by atoms with Gasteiger partial charge in [-0.05, 0) is 36.2 Å². The van der Waals surface area contributed by atoms with Crippen LogP contribution in [0, 0.1) is 0 Å². The summed E-state index contributed by atoms with van der Waals surface area (Å²) in [6.07, 6.45) is 0.903. The zero-order valence-corrected chi connectivity index (χ0v) is 12.6. The molecule has 2 N–H and O–H groups in total. The summed E-state index contributed by atoms with van der Waals surface area (Å²) in [6, 6.07) is 13.3. The van der Waals surface area contributed by atoms with E-state index in [9.17, 15) is 0 Å². The third-order valence-corrected chi connectivity index (χ3v) is 3.35. The van der Waals surface area contributed by atoms with Crippen molar-refractivity contribution in [3.8, 4) is 23.0 Å². The van der Waals surface area contributed by atoms with Crippen molar-refractivity contribution in [3.63, 3.8) is 0 Å². The molecule has 0 fully saturated rings. The van der Waals surface area contributed by atoms with Crippen LogP contribution in [0.25, 0.3) is 0 Å². The van der Waals surface area contributed by atoms with E-state index in [-0.39, 0.29) is 6.04 Å². The van der Waals surface area contributed by atoms with E-state index >= 15 is 0 Å². The molecule has 2 aromatic rings. The van der Waals surface area contributed by atoms with E-state index in [0.717, 1.165) is 12.0 Å². The van der Waals surface area contributed by atoms with Crippen LogP contribution in [0.15, 0.2) is 42.5 Å². The van der Waals surface area contributed by atoms with Gasteiger partial charge in [0.25, 0.3) is 0 Å². The molecule has 1 atom stereocenters. The first-order valence-electron chi connectivity index (χ1n) is 6.94. The number of benzene rings is 2. The van der Waals surface area contributed by atoms with Gasteiger partial charge in [-0.3, -0.25) is 0 Å².